The van der Waals surface area contributed by atoms with E-state index in [-0.39, 0.29) is 47.9 Å². The van der Waals surface area contributed by atoms with Gasteiger partial charge in [0.1, 0.15) is 11.6 Å². The summed E-state index contributed by atoms with van der Waals surface area (Å²) in [6, 6.07) is 10.7. The summed E-state index contributed by atoms with van der Waals surface area (Å²) >= 11 is 0. The topological polar surface area (TPSA) is 74.6 Å². The Bertz CT molecular complexity index is 586. The molecule has 0 unspecified atom stereocenters. The number of rotatable bonds is 2. The number of benzene rings is 2. The summed E-state index contributed by atoms with van der Waals surface area (Å²) in [5.74, 6) is -1.36. The first-order valence-corrected chi connectivity index (χ1v) is 5.38. The Morgan fingerprint density at radius 1 is 0.857 bits per heavy atom. The van der Waals surface area contributed by atoms with Crippen LogP contribution in [0.1, 0.15) is 17.3 Å². The molecule has 0 heterocycles. The zero-order valence-corrected chi connectivity index (χ0v) is 13.1. The molecule has 21 heavy (non-hydrogen) atoms. The van der Waals surface area contributed by atoms with E-state index >= 15 is 0 Å². The van der Waals surface area contributed by atoms with Gasteiger partial charge in [-0.2, -0.15) is 0 Å². The smallest absolute Gasteiger partial charge is 1.00 e. The molecule has 2 aromatic carbocycles. The molecule has 0 radical (unpaired) electrons. The van der Waals surface area contributed by atoms with Gasteiger partial charge in [0, 0.05) is 11.1 Å². The molecule has 4 nitrogen and oxygen atoms in total. The van der Waals surface area contributed by atoms with Crippen molar-refractivity contribution in [1.29, 1.82) is 0 Å². The number of hydrogen-bond donors (Lipinski definition) is 2. The van der Waals surface area contributed by atoms with Gasteiger partial charge in [-0.1, -0.05) is 24.3 Å². The van der Waals surface area contributed by atoms with Crippen molar-refractivity contribution in [2.75, 3.05) is 0 Å². The molecule has 2 N–H and O–H groups in total. The predicted octanol–water partition coefficient (Wildman–Crippen LogP) is 0.535. The van der Waals surface area contributed by atoms with Gasteiger partial charge in [0.25, 0.3) is 0 Å². The van der Waals surface area contributed by atoms with Crippen molar-refractivity contribution in [2.45, 2.75) is 0 Å². The first-order chi connectivity index (χ1) is 9.40. The van der Waals surface area contributed by atoms with Crippen LogP contribution in [-0.4, -0.2) is 22.2 Å². The van der Waals surface area contributed by atoms with E-state index in [4.69, 9.17) is 15.0 Å². The van der Waals surface area contributed by atoms with Crippen LogP contribution in [0.25, 0.3) is 0 Å². The Kier molecular flexibility index (Phi) is 8.45. The van der Waals surface area contributed by atoms with E-state index in [1.165, 1.54) is 36.4 Å². The molecule has 0 aliphatic carbocycles. The van der Waals surface area contributed by atoms with Crippen molar-refractivity contribution in [1.82, 2.24) is 0 Å². The minimum atomic E-state index is -1.83. The SMILES string of the molecule is O=C(O)O.O=C(c1cccc(F)c1)c1cccc(F)c1.[H-].[Na+]. The molecule has 106 valence electrons. The first-order valence-electron chi connectivity index (χ1n) is 5.38. The van der Waals surface area contributed by atoms with Crippen LogP contribution < -0.4 is 29.6 Å². The van der Waals surface area contributed by atoms with Crippen molar-refractivity contribution >= 4 is 11.9 Å². The molecular formula is C14H11F2NaO4. The van der Waals surface area contributed by atoms with Crippen LogP contribution in [-0.2, 0) is 0 Å². The molecule has 0 aliphatic heterocycles. The Morgan fingerprint density at radius 2 is 1.19 bits per heavy atom. The maximum atomic E-state index is 12.9. The minimum absolute atomic E-state index is 0. The molecule has 2 rings (SSSR count). The van der Waals surface area contributed by atoms with Gasteiger partial charge in [0.2, 0.25) is 0 Å². The van der Waals surface area contributed by atoms with Crippen LogP contribution in [0, 0.1) is 11.6 Å². The van der Waals surface area contributed by atoms with E-state index in [0.29, 0.717) is 0 Å². The summed E-state index contributed by atoms with van der Waals surface area (Å²) in [6.45, 7) is 0. The molecular weight excluding hydrogens is 293 g/mol. The van der Waals surface area contributed by atoms with Crippen LogP contribution in [0.5, 0.6) is 0 Å². The Labute approximate surface area is 142 Å². The van der Waals surface area contributed by atoms with Crippen molar-refractivity contribution in [3.8, 4) is 0 Å². The second-order valence-electron chi connectivity index (χ2n) is 3.63. The second kappa shape index (κ2) is 9.23. The molecule has 0 saturated carbocycles. The standard InChI is InChI=1S/C13H8F2O.CH2O3.Na.H/c14-11-5-1-3-9(7-11)13(16)10-4-2-6-12(15)8-10;2-1(3)4;;/h1-8H;(H2,2,3,4);;/q;;+1;-1. The van der Waals surface area contributed by atoms with Crippen molar-refractivity contribution in [3.05, 3.63) is 71.3 Å². The number of carbonyl (C=O) groups excluding carboxylic acids is 1. The number of halogens is 2. The van der Waals surface area contributed by atoms with E-state index < -0.39 is 17.8 Å². The largest absolute Gasteiger partial charge is 1.00 e. The van der Waals surface area contributed by atoms with Gasteiger partial charge in [-0.15, -0.1) is 0 Å². The maximum Gasteiger partial charge on any atom is 1.00 e. The molecule has 7 heteroatoms. The monoisotopic (exact) mass is 304 g/mol. The number of hydrogen-bond acceptors (Lipinski definition) is 2. The Balaban J connectivity index is 0. The third kappa shape index (κ3) is 6.99. The summed E-state index contributed by atoms with van der Waals surface area (Å²) in [5, 5.41) is 13.9. The van der Waals surface area contributed by atoms with Crippen molar-refractivity contribution in [2.24, 2.45) is 0 Å². The number of carboxylic acid groups (broad SMARTS) is 2. The average molecular weight is 304 g/mol. The fourth-order valence-electron chi connectivity index (χ4n) is 1.43. The van der Waals surface area contributed by atoms with Crippen LogP contribution in [0.15, 0.2) is 48.5 Å². The van der Waals surface area contributed by atoms with E-state index in [9.17, 15) is 13.6 Å². The maximum absolute atomic E-state index is 12.9. The van der Waals surface area contributed by atoms with E-state index in [1.54, 1.807) is 0 Å². The molecule has 0 atom stereocenters. The molecule has 0 spiro atoms. The van der Waals surface area contributed by atoms with Gasteiger partial charge in [-0.25, -0.2) is 13.6 Å². The van der Waals surface area contributed by atoms with Gasteiger partial charge >= 0.3 is 35.7 Å². The van der Waals surface area contributed by atoms with E-state index in [0.717, 1.165) is 12.1 Å². The van der Waals surface area contributed by atoms with Crippen LogP contribution in [0.4, 0.5) is 13.6 Å². The first kappa shape index (κ1) is 19.2. The van der Waals surface area contributed by atoms with Gasteiger partial charge in [-0.05, 0) is 24.3 Å². The predicted molar refractivity (Wildman–Crippen MR) is 68.0 cm³/mol. The molecule has 0 fully saturated rings. The minimum Gasteiger partial charge on any atom is -1.00 e. The molecule has 2 aromatic rings. The summed E-state index contributed by atoms with van der Waals surface area (Å²) in [6.07, 6.45) is -1.83. The third-order valence-electron chi connectivity index (χ3n) is 2.17. The fourth-order valence-corrected chi connectivity index (χ4v) is 1.43. The fraction of sp³-hybridized carbons (Fsp3) is 0. The average Bonchev–Trinajstić information content (AvgIpc) is 2.37. The second-order valence-corrected chi connectivity index (χ2v) is 3.63. The molecule has 0 amide bonds. The van der Waals surface area contributed by atoms with Crippen LogP contribution >= 0.6 is 0 Å². The van der Waals surface area contributed by atoms with Gasteiger partial charge in [0.15, 0.2) is 5.78 Å². The summed E-state index contributed by atoms with van der Waals surface area (Å²) < 4.78 is 25.8. The summed E-state index contributed by atoms with van der Waals surface area (Å²) in [4.78, 5) is 20.4. The molecule has 0 saturated heterocycles. The van der Waals surface area contributed by atoms with E-state index in [2.05, 4.69) is 0 Å². The normalized spacial score (nSPS) is 8.86. The van der Waals surface area contributed by atoms with Crippen molar-refractivity contribution < 1.29 is 59.6 Å². The number of carbonyl (C=O) groups is 2. The zero-order chi connectivity index (χ0) is 15.1. The van der Waals surface area contributed by atoms with Gasteiger partial charge in [-0.3, -0.25) is 4.79 Å². The Morgan fingerprint density at radius 3 is 1.48 bits per heavy atom. The van der Waals surface area contributed by atoms with E-state index in [1.807, 2.05) is 0 Å². The molecule has 0 aliphatic rings. The van der Waals surface area contributed by atoms with Crippen molar-refractivity contribution in [3.63, 3.8) is 0 Å². The van der Waals surface area contributed by atoms with Gasteiger partial charge < -0.3 is 11.6 Å². The summed E-state index contributed by atoms with van der Waals surface area (Å²) in [7, 11) is 0. The zero-order valence-electron chi connectivity index (χ0n) is 12.1. The summed E-state index contributed by atoms with van der Waals surface area (Å²) in [5.41, 5.74) is 0.427. The molecule has 0 aromatic heterocycles. The Hall–Kier alpha value is -1.76. The van der Waals surface area contributed by atoms with Gasteiger partial charge in [0.05, 0.1) is 0 Å². The van der Waals surface area contributed by atoms with Crippen LogP contribution in [0.3, 0.4) is 0 Å². The third-order valence-corrected chi connectivity index (χ3v) is 2.17. The van der Waals surface area contributed by atoms with Crippen LogP contribution in [0.2, 0.25) is 0 Å². The molecule has 0 bridgehead atoms. The number of ketones is 1. The quantitative estimate of drug-likeness (QED) is 0.627.